The molecule has 0 aliphatic carbocycles. The number of carboxylic acid groups (broad SMARTS) is 1. The van der Waals surface area contributed by atoms with E-state index in [4.69, 9.17) is 5.11 Å². The summed E-state index contributed by atoms with van der Waals surface area (Å²) in [5, 5.41) is 16.7. The molecule has 0 saturated heterocycles. The number of rotatable bonds is 2. The van der Waals surface area contributed by atoms with Gasteiger partial charge in [-0.3, -0.25) is 0 Å². The van der Waals surface area contributed by atoms with Crippen LogP contribution >= 0.6 is 0 Å². The largest absolute Gasteiger partial charge is 0.478 e. The molecule has 2 heterocycles. The molecule has 0 radical (unpaired) electrons. The molecule has 92 valence electrons. The summed E-state index contributed by atoms with van der Waals surface area (Å²) in [5.74, 6) is -0.912. The molecule has 5 nitrogen and oxygen atoms in total. The van der Waals surface area contributed by atoms with Crippen LogP contribution in [0.1, 0.15) is 21.6 Å². The third-order valence-electron chi connectivity index (χ3n) is 3.11. The quantitative estimate of drug-likeness (QED) is 0.832. The maximum absolute atomic E-state index is 10.8. The van der Waals surface area contributed by atoms with Crippen LogP contribution < -0.4 is 5.32 Å². The second-order valence-electron chi connectivity index (χ2n) is 4.32. The fraction of sp³-hybridized carbons (Fsp3) is 0.231. The predicted octanol–water partition coefficient (Wildman–Crippen LogP) is 1.22. The molecule has 0 saturated carbocycles. The number of nitrogens with zero attached hydrogens (tertiary/aromatic N) is 2. The summed E-state index contributed by atoms with van der Waals surface area (Å²) in [7, 11) is 0. The third-order valence-corrected chi connectivity index (χ3v) is 3.11. The van der Waals surface area contributed by atoms with Crippen LogP contribution in [0, 0.1) is 0 Å². The molecule has 0 fully saturated rings. The molecule has 1 aliphatic rings. The first-order valence-electron chi connectivity index (χ1n) is 5.86. The molecule has 2 aromatic rings. The number of aromatic carboxylic acids is 1. The van der Waals surface area contributed by atoms with Crippen molar-refractivity contribution in [3.05, 3.63) is 47.3 Å². The van der Waals surface area contributed by atoms with E-state index in [1.807, 2.05) is 10.9 Å². The average molecular weight is 243 g/mol. The lowest BCUT2D eigenvalue weighted by Gasteiger charge is -2.09. The van der Waals surface area contributed by atoms with Crippen LogP contribution in [0.5, 0.6) is 0 Å². The Morgan fingerprint density at radius 1 is 1.33 bits per heavy atom. The van der Waals surface area contributed by atoms with E-state index in [0.717, 1.165) is 30.9 Å². The molecule has 0 spiro atoms. The highest BCUT2D eigenvalue weighted by molar-refractivity contribution is 5.87. The SMILES string of the molecule is O=C(O)c1ccc(-n2cc3c(n2)CCNC3)cc1. The number of fused-ring (bicyclic) bond motifs is 1. The van der Waals surface area contributed by atoms with Gasteiger partial charge < -0.3 is 10.4 Å². The Balaban J connectivity index is 1.94. The van der Waals surface area contributed by atoms with Crippen molar-refractivity contribution in [3.8, 4) is 5.69 Å². The fourth-order valence-electron chi connectivity index (χ4n) is 2.12. The maximum Gasteiger partial charge on any atom is 0.335 e. The van der Waals surface area contributed by atoms with Gasteiger partial charge in [0.05, 0.1) is 16.9 Å². The van der Waals surface area contributed by atoms with E-state index < -0.39 is 5.97 Å². The first kappa shape index (κ1) is 11.0. The Kier molecular flexibility index (Phi) is 2.60. The van der Waals surface area contributed by atoms with Crippen molar-refractivity contribution in [2.24, 2.45) is 0 Å². The van der Waals surface area contributed by atoms with Crippen molar-refractivity contribution in [2.75, 3.05) is 6.54 Å². The molecule has 0 bridgehead atoms. The van der Waals surface area contributed by atoms with E-state index in [2.05, 4.69) is 10.4 Å². The molecule has 0 amide bonds. The van der Waals surface area contributed by atoms with Gasteiger partial charge in [0, 0.05) is 31.3 Å². The van der Waals surface area contributed by atoms with Crippen molar-refractivity contribution < 1.29 is 9.90 Å². The molecule has 5 heteroatoms. The monoisotopic (exact) mass is 243 g/mol. The number of aromatic nitrogens is 2. The lowest BCUT2D eigenvalue weighted by atomic mass is 10.1. The number of hydrogen-bond acceptors (Lipinski definition) is 3. The predicted molar refractivity (Wildman–Crippen MR) is 65.9 cm³/mol. The van der Waals surface area contributed by atoms with E-state index in [1.54, 1.807) is 24.3 Å². The number of nitrogens with one attached hydrogen (secondary N) is 1. The molecule has 0 unspecified atom stereocenters. The van der Waals surface area contributed by atoms with Crippen molar-refractivity contribution in [1.82, 2.24) is 15.1 Å². The van der Waals surface area contributed by atoms with Gasteiger partial charge in [-0.15, -0.1) is 0 Å². The minimum atomic E-state index is -0.912. The molecule has 18 heavy (non-hydrogen) atoms. The van der Waals surface area contributed by atoms with Gasteiger partial charge in [0.1, 0.15) is 0 Å². The summed E-state index contributed by atoms with van der Waals surface area (Å²) in [6.07, 6.45) is 2.94. The molecule has 0 atom stereocenters. The van der Waals surface area contributed by atoms with Crippen molar-refractivity contribution in [2.45, 2.75) is 13.0 Å². The second-order valence-corrected chi connectivity index (χ2v) is 4.32. The van der Waals surface area contributed by atoms with Crippen molar-refractivity contribution in [1.29, 1.82) is 0 Å². The number of carboxylic acids is 1. The van der Waals surface area contributed by atoms with Crippen LogP contribution in [0.25, 0.3) is 5.69 Å². The summed E-state index contributed by atoms with van der Waals surface area (Å²) >= 11 is 0. The van der Waals surface area contributed by atoms with E-state index >= 15 is 0 Å². The van der Waals surface area contributed by atoms with Crippen LogP contribution in [0.3, 0.4) is 0 Å². The normalized spacial score (nSPS) is 14.2. The van der Waals surface area contributed by atoms with Crippen molar-refractivity contribution >= 4 is 5.97 Å². The summed E-state index contributed by atoms with van der Waals surface area (Å²) in [5.41, 5.74) is 3.51. The van der Waals surface area contributed by atoms with Gasteiger partial charge in [0.2, 0.25) is 0 Å². The second kappa shape index (κ2) is 4.27. The standard InChI is InChI=1S/C13H13N3O2/c17-13(18)9-1-3-11(4-2-9)16-8-10-7-14-6-5-12(10)15-16/h1-4,8,14H,5-7H2,(H,17,18). The van der Waals surface area contributed by atoms with Crippen LogP contribution in [0.4, 0.5) is 0 Å². The number of hydrogen-bond donors (Lipinski definition) is 2. The zero-order valence-corrected chi connectivity index (χ0v) is 9.76. The van der Waals surface area contributed by atoms with Gasteiger partial charge in [-0.05, 0) is 24.3 Å². The maximum atomic E-state index is 10.8. The smallest absolute Gasteiger partial charge is 0.335 e. The minimum Gasteiger partial charge on any atom is -0.478 e. The van der Waals surface area contributed by atoms with E-state index in [-0.39, 0.29) is 5.56 Å². The molecular weight excluding hydrogens is 230 g/mol. The Hall–Kier alpha value is -2.14. The molecule has 2 N–H and O–H groups in total. The van der Waals surface area contributed by atoms with Crippen LogP contribution in [-0.4, -0.2) is 27.4 Å². The minimum absolute atomic E-state index is 0.289. The van der Waals surface area contributed by atoms with Gasteiger partial charge in [0.15, 0.2) is 0 Å². The first-order chi connectivity index (χ1) is 8.74. The summed E-state index contributed by atoms with van der Waals surface area (Å²) < 4.78 is 1.81. The Bertz CT molecular complexity index is 563. The van der Waals surface area contributed by atoms with Crippen LogP contribution in [0.15, 0.2) is 30.5 Å². The summed E-state index contributed by atoms with van der Waals surface area (Å²) in [4.78, 5) is 10.8. The van der Waals surface area contributed by atoms with E-state index in [9.17, 15) is 4.79 Å². The number of benzene rings is 1. The third kappa shape index (κ3) is 1.89. The fourth-order valence-corrected chi connectivity index (χ4v) is 2.12. The zero-order valence-electron chi connectivity index (χ0n) is 9.76. The Morgan fingerprint density at radius 2 is 2.11 bits per heavy atom. The summed E-state index contributed by atoms with van der Waals surface area (Å²) in [6.45, 7) is 1.81. The lowest BCUT2D eigenvalue weighted by molar-refractivity contribution is 0.0697. The highest BCUT2D eigenvalue weighted by Gasteiger charge is 2.13. The van der Waals surface area contributed by atoms with E-state index in [0.29, 0.717) is 0 Å². The van der Waals surface area contributed by atoms with Crippen LogP contribution in [0.2, 0.25) is 0 Å². The Labute approximate surface area is 104 Å². The molecule has 1 aromatic heterocycles. The highest BCUT2D eigenvalue weighted by atomic mass is 16.4. The van der Waals surface area contributed by atoms with Crippen LogP contribution in [-0.2, 0) is 13.0 Å². The van der Waals surface area contributed by atoms with Crippen molar-refractivity contribution in [3.63, 3.8) is 0 Å². The van der Waals surface area contributed by atoms with Gasteiger partial charge in [-0.25, -0.2) is 9.48 Å². The summed E-state index contributed by atoms with van der Waals surface area (Å²) in [6, 6.07) is 6.73. The molecule has 1 aliphatic heterocycles. The molecule has 1 aromatic carbocycles. The molecular formula is C13H13N3O2. The molecule has 3 rings (SSSR count). The Morgan fingerprint density at radius 3 is 2.78 bits per heavy atom. The lowest BCUT2D eigenvalue weighted by Crippen LogP contribution is -2.22. The van der Waals surface area contributed by atoms with E-state index in [1.165, 1.54) is 5.56 Å². The number of carbonyl (C=O) groups is 1. The van der Waals surface area contributed by atoms with Gasteiger partial charge in [-0.2, -0.15) is 5.10 Å². The van der Waals surface area contributed by atoms with Gasteiger partial charge >= 0.3 is 5.97 Å². The average Bonchev–Trinajstić information content (AvgIpc) is 2.82. The van der Waals surface area contributed by atoms with Gasteiger partial charge in [-0.1, -0.05) is 0 Å². The first-order valence-corrected chi connectivity index (χ1v) is 5.86. The zero-order chi connectivity index (χ0) is 12.5. The highest BCUT2D eigenvalue weighted by Crippen LogP contribution is 2.16. The topological polar surface area (TPSA) is 67.1 Å². The van der Waals surface area contributed by atoms with Gasteiger partial charge in [0.25, 0.3) is 0 Å².